The van der Waals surface area contributed by atoms with E-state index in [1.807, 2.05) is 25.3 Å². The number of thiophene rings is 1. The van der Waals surface area contributed by atoms with Gasteiger partial charge in [-0.05, 0) is 50.3 Å². The first kappa shape index (κ1) is 20.6. The molecular weight excluding hydrogens is 436 g/mol. The van der Waals surface area contributed by atoms with Gasteiger partial charge >= 0.3 is 0 Å². The van der Waals surface area contributed by atoms with Crippen LogP contribution in [0.2, 0.25) is 0 Å². The number of fused-ring (bicyclic) bond motifs is 2. The maximum Gasteiger partial charge on any atom is 0.264 e. The predicted molar refractivity (Wildman–Crippen MR) is 116 cm³/mol. The first-order chi connectivity index (χ1) is 14.8. The number of aromatic nitrogens is 1. The van der Waals surface area contributed by atoms with Gasteiger partial charge in [-0.15, -0.1) is 11.3 Å². The van der Waals surface area contributed by atoms with Gasteiger partial charge in [-0.2, -0.15) is 4.31 Å². The quantitative estimate of drug-likeness (QED) is 0.700. The minimum atomic E-state index is -3.91. The molecule has 1 saturated carbocycles. The van der Waals surface area contributed by atoms with Crippen LogP contribution in [-0.4, -0.2) is 65.6 Å². The number of likely N-dealkylation sites (tertiary alicyclic amines) is 1. The molecule has 2 fully saturated rings. The maximum atomic E-state index is 13.7. The maximum absolute atomic E-state index is 13.7. The topological polar surface area (TPSA) is 90.9 Å². The number of sulfonamides is 1. The number of amides is 2. The highest BCUT2D eigenvalue weighted by Gasteiger charge is 2.54. The molecule has 1 saturated heterocycles. The highest BCUT2D eigenvalue weighted by Crippen LogP contribution is 2.42. The van der Waals surface area contributed by atoms with E-state index in [9.17, 15) is 18.0 Å². The van der Waals surface area contributed by atoms with Gasteiger partial charge in [0.15, 0.2) is 5.82 Å². The monoisotopic (exact) mass is 460 g/mol. The van der Waals surface area contributed by atoms with Gasteiger partial charge in [-0.3, -0.25) is 14.5 Å². The molecule has 0 bridgehead atoms. The molecule has 10 heteroatoms. The molecule has 2 aromatic heterocycles. The lowest BCUT2D eigenvalue weighted by atomic mass is 10.1. The van der Waals surface area contributed by atoms with E-state index in [-0.39, 0.29) is 47.6 Å². The zero-order valence-corrected chi connectivity index (χ0v) is 19.0. The van der Waals surface area contributed by atoms with Gasteiger partial charge in [0.05, 0.1) is 17.0 Å². The largest absolute Gasteiger partial charge is 0.334 e. The van der Waals surface area contributed by atoms with Crippen molar-refractivity contribution in [3.8, 4) is 0 Å². The van der Waals surface area contributed by atoms with E-state index in [0.717, 1.165) is 12.8 Å². The summed E-state index contributed by atoms with van der Waals surface area (Å²) >= 11 is 1.36. The molecule has 1 aliphatic carbocycles. The Balaban J connectivity index is 1.65. The number of carbonyl (C=O) groups excluding carboxylic acids is 2. The lowest BCUT2D eigenvalue weighted by Gasteiger charge is -2.34. The Morgan fingerprint density at radius 3 is 2.52 bits per heavy atom. The number of carbonyl (C=O) groups is 2. The van der Waals surface area contributed by atoms with Crippen molar-refractivity contribution < 1.29 is 18.0 Å². The fourth-order valence-electron chi connectivity index (χ4n) is 4.66. The molecule has 3 aliphatic rings. The normalized spacial score (nSPS) is 25.3. The Morgan fingerprint density at radius 2 is 1.87 bits per heavy atom. The summed E-state index contributed by atoms with van der Waals surface area (Å²) in [5.41, 5.74) is 0. The summed E-state index contributed by atoms with van der Waals surface area (Å²) in [4.78, 5) is 34.8. The Labute approximate surface area is 185 Å². The number of nitrogens with zero attached hydrogens (tertiary/aromatic N) is 4. The third-order valence-electron chi connectivity index (χ3n) is 6.14. The van der Waals surface area contributed by atoms with Crippen LogP contribution in [0.1, 0.15) is 36.4 Å². The van der Waals surface area contributed by atoms with Gasteiger partial charge in [0.2, 0.25) is 15.9 Å². The van der Waals surface area contributed by atoms with Gasteiger partial charge in [0.1, 0.15) is 4.90 Å². The van der Waals surface area contributed by atoms with Crippen LogP contribution in [0.4, 0.5) is 5.82 Å². The number of pyridine rings is 1. The molecule has 0 radical (unpaired) electrons. The fraction of sp³-hybridized carbons (Fsp3) is 0.476. The number of anilines is 1. The standard InChI is InChI=1S/C21H24N4O4S2/c1-13(2)25-16-12-23(21(27)17-5-4-10-30-17)11-15(16)24(20(26)14-7-8-14)19-18(31(25,28)29)6-3-9-22-19/h3-6,9-10,13-16H,7-8,11-12H2,1-2H3/t15-,16-/m1/s1. The van der Waals surface area contributed by atoms with Crippen molar-refractivity contribution in [2.45, 2.75) is 49.7 Å². The van der Waals surface area contributed by atoms with E-state index in [4.69, 9.17) is 0 Å². The van der Waals surface area contributed by atoms with E-state index < -0.39 is 22.1 Å². The third kappa shape index (κ3) is 3.28. The molecule has 0 N–H and O–H groups in total. The van der Waals surface area contributed by atoms with E-state index in [0.29, 0.717) is 4.88 Å². The molecule has 2 aliphatic heterocycles. The second kappa shape index (κ2) is 7.39. The number of rotatable bonds is 3. The Hall–Kier alpha value is -2.30. The lowest BCUT2D eigenvalue weighted by molar-refractivity contribution is -0.120. The van der Waals surface area contributed by atoms with Crippen molar-refractivity contribution >= 4 is 39.0 Å². The molecule has 0 unspecified atom stereocenters. The van der Waals surface area contributed by atoms with Gasteiger partial charge in [-0.1, -0.05) is 6.07 Å². The van der Waals surface area contributed by atoms with Gasteiger partial charge in [0, 0.05) is 31.2 Å². The summed E-state index contributed by atoms with van der Waals surface area (Å²) in [7, 11) is -3.91. The van der Waals surface area contributed by atoms with Crippen LogP contribution >= 0.6 is 11.3 Å². The van der Waals surface area contributed by atoms with Gasteiger partial charge in [-0.25, -0.2) is 13.4 Å². The molecule has 0 spiro atoms. The van der Waals surface area contributed by atoms with Gasteiger partial charge in [0.25, 0.3) is 5.91 Å². The second-order valence-electron chi connectivity index (χ2n) is 8.56. The summed E-state index contributed by atoms with van der Waals surface area (Å²) in [6, 6.07) is 5.34. The minimum absolute atomic E-state index is 0.0585. The van der Waals surface area contributed by atoms with Crippen molar-refractivity contribution in [2.24, 2.45) is 5.92 Å². The zero-order chi connectivity index (χ0) is 21.9. The fourth-order valence-corrected chi connectivity index (χ4v) is 7.33. The first-order valence-corrected chi connectivity index (χ1v) is 12.8. The highest BCUT2D eigenvalue weighted by molar-refractivity contribution is 7.89. The molecule has 2 aromatic rings. The molecule has 0 aromatic carbocycles. The van der Waals surface area contributed by atoms with Crippen molar-refractivity contribution in [1.82, 2.24) is 14.2 Å². The van der Waals surface area contributed by atoms with Crippen LogP contribution in [0, 0.1) is 5.92 Å². The van der Waals surface area contributed by atoms with Crippen LogP contribution in [0.25, 0.3) is 0 Å². The van der Waals surface area contributed by atoms with E-state index in [2.05, 4.69) is 4.98 Å². The Kier molecular flexibility index (Phi) is 4.91. The summed E-state index contributed by atoms with van der Waals surface area (Å²) in [6.45, 7) is 4.16. The zero-order valence-electron chi connectivity index (χ0n) is 17.3. The molecule has 4 heterocycles. The van der Waals surface area contributed by atoms with E-state index >= 15 is 0 Å². The summed E-state index contributed by atoms with van der Waals surface area (Å²) < 4.78 is 28.9. The van der Waals surface area contributed by atoms with Crippen LogP contribution in [0.3, 0.4) is 0 Å². The molecule has 2 atom stereocenters. The van der Waals surface area contributed by atoms with Crippen LogP contribution in [0.15, 0.2) is 40.7 Å². The van der Waals surface area contributed by atoms with Crippen molar-refractivity contribution in [1.29, 1.82) is 0 Å². The van der Waals surface area contributed by atoms with Crippen LogP contribution < -0.4 is 4.90 Å². The van der Waals surface area contributed by atoms with Crippen molar-refractivity contribution in [3.63, 3.8) is 0 Å². The van der Waals surface area contributed by atoms with Crippen molar-refractivity contribution in [3.05, 3.63) is 40.7 Å². The average Bonchev–Trinajstić information content (AvgIpc) is 3.30. The Bertz CT molecular complexity index is 1130. The minimum Gasteiger partial charge on any atom is -0.334 e. The SMILES string of the molecule is CC(C)N1[C@@H]2CN(C(=O)c3cccs3)C[C@H]2N(C(=O)C2CC2)c2ncccc2S1(=O)=O. The molecular formula is C21H24N4O4S2. The van der Waals surface area contributed by atoms with Crippen LogP contribution in [0.5, 0.6) is 0 Å². The molecule has 164 valence electrons. The number of hydrogen-bond donors (Lipinski definition) is 0. The van der Waals surface area contributed by atoms with Gasteiger partial charge < -0.3 is 4.90 Å². The number of hydrogen-bond acceptors (Lipinski definition) is 6. The van der Waals surface area contributed by atoms with E-state index in [1.54, 1.807) is 21.9 Å². The summed E-state index contributed by atoms with van der Waals surface area (Å²) in [6.07, 6.45) is 3.12. The summed E-state index contributed by atoms with van der Waals surface area (Å²) in [5, 5.41) is 1.84. The molecule has 8 nitrogen and oxygen atoms in total. The third-order valence-corrected chi connectivity index (χ3v) is 9.12. The van der Waals surface area contributed by atoms with E-state index in [1.165, 1.54) is 27.9 Å². The van der Waals surface area contributed by atoms with Crippen LogP contribution in [-0.2, 0) is 14.8 Å². The highest BCUT2D eigenvalue weighted by atomic mass is 32.2. The average molecular weight is 461 g/mol. The summed E-state index contributed by atoms with van der Waals surface area (Å²) in [5.74, 6) is -0.153. The Morgan fingerprint density at radius 1 is 1.13 bits per heavy atom. The lowest BCUT2D eigenvalue weighted by Crippen LogP contribution is -2.54. The molecule has 31 heavy (non-hydrogen) atoms. The smallest absolute Gasteiger partial charge is 0.264 e. The first-order valence-electron chi connectivity index (χ1n) is 10.4. The predicted octanol–water partition coefficient (Wildman–Crippen LogP) is 2.19. The molecule has 2 amide bonds. The van der Waals surface area contributed by atoms with Crippen molar-refractivity contribution in [2.75, 3.05) is 18.0 Å². The second-order valence-corrected chi connectivity index (χ2v) is 11.3. The molecule has 5 rings (SSSR count).